The topological polar surface area (TPSA) is 62.8 Å². The number of nitrogens with zero attached hydrogens (tertiary/aromatic N) is 2. The summed E-state index contributed by atoms with van der Waals surface area (Å²) in [6, 6.07) is 6.23. The summed E-state index contributed by atoms with van der Waals surface area (Å²) in [6.45, 7) is 4.23. The Morgan fingerprint density at radius 1 is 1.45 bits per heavy atom. The minimum absolute atomic E-state index is 0.707. The molecule has 5 nitrogen and oxygen atoms in total. The molecule has 2 rings (SSSR count). The van der Waals surface area contributed by atoms with Crippen LogP contribution in [0.4, 0.5) is 0 Å². The first kappa shape index (κ1) is 15.5. The fourth-order valence-electron chi connectivity index (χ4n) is 1.63. The van der Waals surface area contributed by atoms with Crippen LogP contribution in [0.3, 0.4) is 0 Å². The van der Waals surface area contributed by atoms with E-state index in [4.69, 9.17) is 4.74 Å². The number of aromatic nitrogens is 3. The molecule has 1 aromatic heterocycles. The van der Waals surface area contributed by atoms with Gasteiger partial charge in [0.1, 0.15) is 5.82 Å². The Hall–Kier alpha value is -0.890. The average Bonchev–Trinajstić information content (AvgIpc) is 2.82. The van der Waals surface area contributed by atoms with Gasteiger partial charge in [-0.3, -0.25) is 5.10 Å². The van der Waals surface area contributed by atoms with E-state index in [-0.39, 0.29) is 0 Å². The Balaban J connectivity index is 2.07. The molecule has 0 saturated heterocycles. The summed E-state index contributed by atoms with van der Waals surface area (Å²) >= 11 is 5.06. The van der Waals surface area contributed by atoms with Crippen molar-refractivity contribution in [2.45, 2.75) is 23.5 Å². The van der Waals surface area contributed by atoms with Crippen molar-refractivity contribution in [3.63, 3.8) is 0 Å². The number of nitrogens with one attached hydrogen (secondary N) is 2. The van der Waals surface area contributed by atoms with Gasteiger partial charge in [-0.2, -0.15) is 0 Å². The molecular formula is C13H17BrN4OS. The summed E-state index contributed by atoms with van der Waals surface area (Å²) in [5.74, 6) is 0.822. The highest BCUT2D eigenvalue weighted by molar-refractivity contribution is 9.10. The molecule has 0 radical (unpaired) electrons. The maximum absolute atomic E-state index is 5.03. The van der Waals surface area contributed by atoms with Gasteiger partial charge in [0.25, 0.3) is 0 Å². The molecule has 1 heterocycles. The van der Waals surface area contributed by atoms with E-state index in [1.807, 2.05) is 13.0 Å². The van der Waals surface area contributed by atoms with Crippen LogP contribution < -0.4 is 5.32 Å². The summed E-state index contributed by atoms with van der Waals surface area (Å²) < 4.78 is 6.08. The highest BCUT2D eigenvalue weighted by Gasteiger charge is 2.08. The third-order valence-electron chi connectivity index (χ3n) is 2.61. The lowest BCUT2D eigenvalue weighted by Gasteiger charge is -2.09. The molecular weight excluding hydrogens is 340 g/mol. The molecule has 0 aliphatic carbocycles. The number of methoxy groups -OCH3 is 1. The third-order valence-corrected chi connectivity index (χ3v) is 4.06. The highest BCUT2D eigenvalue weighted by Crippen LogP contribution is 2.30. The SMILES string of the molecule is COCCNCc1ccc(Br)cc1Sc1n[nH]c(C)n1. The van der Waals surface area contributed by atoms with E-state index >= 15 is 0 Å². The van der Waals surface area contributed by atoms with Crippen molar-refractivity contribution in [3.05, 3.63) is 34.1 Å². The lowest BCUT2D eigenvalue weighted by molar-refractivity contribution is 0.199. The Morgan fingerprint density at radius 3 is 3.00 bits per heavy atom. The van der Waals surface area contributed by atoms with Gasteiger partial charge in [0.15, 0.2) is 0 Å². The van der Waals surface area contributed by atoms with E-state index in [0.29, 0.717) is 6.61 Å². The van der Waals surface area contributed by atoms with Crippen molar-refractivity contribution < 1.29 is 4.74 Å². The van der Waals surface area contributed by atoms with Crippen LogP contribution in [0.2, 0.25) is 0 Å². The van der Waals surface area contributed by atoms with Crippen LogP contribution in [-0.4, -0.2) is 35.4 Å². The van der Waals surface area contributed by atoms with Crippen molar-refractivity contribution in [3.8, 4) is 0 Å². The molecule has 1 aromatic carbocycles. The number of H-pyrrole nitrogens is 1. The zero-order chi connectivity index (χ0) is 14.4. The summed E-state index contributed by atoms with van der Waals surface area (Å²) in [6.07, 6.45) is 0. The minimum atomic E-state index is 0.707. The van der Waals surface area contributed by atoms with E-state index in [9.17, 15) is 0 Å². The van der Waals surface area contributed by atoms with Crippen LogP contribution >= 0.6 is 27.7 Å². The molecule has 0 bridgehead atoms. The number of hydrogen-bond donors (Lipinski definition) is 2. The predicted molar refractivity (Wildman–Crippen MR) is 83.0 cm³/mol. The van der Waals surface area contributed by atoms with E-state index in [1.165, 1.54) is 5.56 Å². The quantitative estimate of drug-likeness (QED) is 0.746. The molecule has 2 aromatic rings. The van der Waals surface area contributed by atoms with Crippen molar-refractivity contribution >= 4 is 27.7 Å². The lowest BCUT2D eigenvalue weighted by Crippen LogP contribution is -2.18. The molecule has 20 heavy (non-hydrogen) atoms. The van der Waals surface area contributed by atoms with Crippen LogP contribution in [0.25, 0.3) is 0 Å². The van der Waals surface area contributed by atoms with Gasteiger partial charge in [-0.1, -0.05) is 22.0 Å². The fraction of sp³-hybridized carbons (Fsp3) is 0.385. The Kier molecular flexibility index (Phi) is 6.03. The van der Waals surface area contributed by atoms with E-state index in [1.54, 1.807) is 18.9 Å². The van der Waals surface area contributed by atoms with Gasteiger partial charge in [-0.15, -0.1) is 5.10 Å². The van der Waals surface area contributed by atoms with Crippen LogP contribution in [-0.2, 0) is 11.3 Å². The molecule has 0 fully saturated rings. The third kappa shape index (κ3) is 4.59. The molecule has 0 spiro atoms. The number of aryl methyl sites for hydroxylation is 1. The van der Waals surface area contributed by atoms with Crippen LogP contribution in [0.5, 0.6) is 0 Å². The van der Waals surface area contributed by atoms with Crippen LogP contribution in [0.15, 0.2) is 32.7 Å². The average molecular weight is 357 g/mol. The fourth-order valence-corrected chi connectivity index (χ4v) is 3.07. The second kappa shape index (κ2) is 7.78. The summed E-state index contributed by atoms with van der Waals surface area (Å²) in [5.41, 5.74) is 1.22. The van der Waals surface area contributed by atoms with Gasteiger partial charge in [0, 0.05) is 29.6 Å². The number of ether oxygens (including phenoxy) is 1. The summed E-state index contributed by atoms with van der Waals surface area (Å²) in [4.78, 5) is 5.47. The number of hydrogen-bond acceptors (Lipinski definition) is 5. The molecule has 2 N–H and O–H groups in total. The second-order valence-corrected chi connectivity index (χ2v) is 6.15. The zero-order valence-corrected chi connectivity index (χ0v) is 13.8. The van der Waals surface area contributed by atoms with E-state index in [2.05, 4.69) is 48.6 Å². The number of rotatable bonds is 7. The van der Waals surface area contributed by atoms with Crippen LogP contribution in [0, 0.1) is 6.92 Å². The van der Waals surface area contributed by atoms with Gasteiger partial charge in [0.05, 0.1) is 6.61 Å². The Bertz CT molecular complexity index is 561. The molecule has 0 aliphatic rings. The summed E-state index contributed by atoms with van der Waals surface area (Å²) in [5, 5.41) is 11.1. The first-order valence-electron chi connectivity index (χ1n) is 6.24. The Labute approximate surface area is 131 Å². The highest BCUT2D eigenvalue weighted by atomic mass is 79.9. The largest absolute Gasteiger partial charge is 0.383 e. The van der Waals surface area contributed by atoms with Gasteiger partial charge < -0.3 is 10.1 Å². The van der Waals surface area contributed by atoms with Crippen molar-refractivity contribution in [2.75, 3.05) is 20.3 Å². The van der Waals surface area contributed by atoms with Crippen molar-refractivity contribution in [2.24, 2.45) is 0 Å². The van der Waals surface area contributed by atoms with Crippen molar-refractivity contribution in [1.29, 1.82) is 0 Å². The van der Waals surface area contributed by atoms with Gasteiger partial charge in [0.2, 0.25) is 5.16 Å². The molecule has 0 unspecified atom stereocenters. The second-order valence-electron chi connectivity index (χ2n) is 4.23. The van der Waals surface area contributed by atoms with E-state index in [0.717, 1.165) is 33.4 Å². The molecule has 0 amide bonds. The Morgan fingerprint density at radius 2 is 2.30 bits per heavy atom. The maximum atomic E-state index is 5.03. The van der Waals surface area contributed by atoms with Gasteiger partial charge >= 0.3 is 0 Å². The lowest BCUT2D eigenvalue weighted by atomic mass is 10.2. The minimum Gasteiger partial charge on any atom is -0.383 e. The maximum Gasteiger partial charge on any atom is 0.213 e. The molecule has 0 aliphatic heterocycles. The number of aromatic amines is 1. The molecule has 0 saturated carbocycles. The smallest absolute Gasteiger partial charge is 0.213 e. The monoisotopic (exact) mass is 356 g/mol. The summed E-state index contributed by atoms with van der Waals surface area (Å²) in [7, 11) is 1.70. The number of halogens is 1. The zero-order valence-electron chi connectivity index (χ0n) is 11.4. The molecule has 7 heteroatoms. The standard InChI is InChI=1S/C13H17BrN4OS/c1-9-16-13(18-17-9)20-12-7-11(14)4-3-10(12)8-15-5-6-19-2/h3-4,7,15H,5-6,8H2,1-2H3,(H,16,17,18). The number of benzene rings is 1. The first-order chi connectivity index (χ1) is 9.69. The first-order valence-corrected chi connectivity index (χ1v) is 7.85. The van der Waals surface area contributed by atoms with Crippen LogP contribution in [0.1, 0.15) is 11.4 Å². The van der Waals surface area contributed by atoms with Gasteiger partial charge in [-0.25, -0.2) is 4.98 Å². The predicted octanol–water partition coefficient (Wildman–Crippen LogP) is 2.76. The normalized spacial score (nSPS) is 10.9. The molecule has 108 valence electrons. The molecule has 0 atom stereocenters. The van der Waals surface area contributed by atoms with Crippen molar-refractivity contribution in [1.82, 2.24) is 20.5 Å². The van der Waals surface area contributed by atoms with Gasteiger partial charge in [-0.05, 0) is 36.4 Å². The van der Waals surface area contributed by atoms with E-state index < -0.39 is 0 Å².